The van der Waals surface area contributed by atoms with Crippen LogP contribution in [0, 0.1) is 23.0 Å². The summed E-state index contributed by atoms with van der Waals surface area (Å²) in [5.74, 6) is -3.16. The fourth-order valence-corrected chi connectivity index (χ4v) is 6.14. The highest BCUT2D eigenvalue weighted by atomic mass is 19.2. The molecule has 44 heavy (non-hydrogen) atoms. The van der Waals surface area contributed by atoms with E-state index in [1.54, 1.807) is 7.05 Å². The smallest absolute Gasteiger partial charge is 0.338 e. The number of nitrogens with zero attached hydrogens (tertiary/aromatic N) is 5. The van der Waals surface area contributed by atoms with E-state index in [-0.39, 0.29) is 29.5 Å². The lowest BCUT2D eigenvalue weighted by Crippen LogP contribution is -2.66. The van der Waals surface area contributed by atoms with Gasteiger partial charge in [0.25, 0.3) is 0 Å². The van der Waals surface area contributed by atoms with E-state index in [0.29, 0.717) is 24.7 Å². The van der Waals surface area contributed by atoms with Gasteiger partial charge in [0.05, 0.1) is 42.3 Å². The van der Waals surface area contributed by atoms with Crippen molar-refractivity contribution >= 4 is 23.7 Å². The molecular formula is C31H34F2N6O5. The van der Waals surface area contributed by atoms with Crippen LogP contribution in [0.4, 0.5) is 24.1 Å². The van der Waals surface area contributed by atoms with Crippen molar-refractivity contribution in [2.45, 2.75) is 31.0 Å². The van der Waals surface area contributed by atoms with Crippen LogP contribution in [0.5, 0.6) is 0 Å². The second-order valence-corrected chi connectivity index (χ2v) is 11.0. The van der Waals surface area contributed by atoms with Crippen molar-refractivity contribution in [1.82, 2.24) is 20.0 Å². The lowest BCUT2D eigenvalue weighted by Gasteiger charge is -2.50. The van der Waals surface area contributed by atoms with Crippen molar-refractivity contribution in [1.29, 1.82) is 5.26 Å². The molecule has 1 N–H and O–H groups in total. The van der Waals surface area contributed by atoms with Crippen LogP contribution in [0.3, 0.4) is 0 Å². The quantitative estimate of drug-likeness (QED) is 0.476. The van der Waals surface area contributed by atoms with Crippen molar-refractivity contribution in [3.8, 4) is 6.07 Å². The van der Waals surface area contributed by atoms with Gasteiger partial charge in [-0.1, -0.05) is 18.2 Å². The molecule has 3 aliphatic rings. The van der Waals surface area contributed by atoms with E-state index in [9.17, 15) is 28.4 Å². The minimum absolute atomic E-state index is 0.0227. The number of imide groups is 1. The van der Waals surface area contributed by atoms with Gasteiger partial charge in [0.2, 0.25) is 0 Å². The molecule has 4 amide bonds. The van der Waals surface area contributed by atoms with E-state index in [0.717, 1.165) is 55.8 Å². The number of anilines is 1. The van der Waals surface area contributed by atoms with Crippen molar-refractivity contribution in [2.75, 3.05) is 59.0 Å². The van der Waals surface area contributed by atoms with Crippen molar-refractivity contribution in [2.24, 2.45) is 0 Å². The molecule has 0 unspecified atom stereocenters. The maximum Gasteiger partial charge on any atom is 0.338 e. The summed E-state index contributed by atoms with van der Waals surface area (Å²) in [6, 6.07) is 9.93. The first kappa shape index (κ1) is 30.9. The molecule has 2 fully saturated rings. The molecule has 5 rings (SSSR count). The van der Waals surface area contributed by atoms with Gasteiger partial charge in [-0.05, 0) is 42.7 Å². The number of hydrogen-bond acceptors (Lipinski definition) is 8. The number of likely N-dealkylation sites (tertiary alicyclic amines) is 1. The number of ether oxygens (including phenoxy) is 2. The summed E-state index contributed by atoms with van der Waals surface area (Å²) in [7, 11) is 4.09. The number of amides is 4. The van der Waals surface area contributed by atoms with Gasteiger partial charge in [0.1, 0.15) is 12.1 Å². The Kier molecular flexibility index (Phi) is 9.12. The van der Waals surface area contributed by atoms with Gasteiger partial charge < -0.3 is 24.6 Å². The van der Waals surface area contributed by atoms with Gasteiger partial charge in [0, 0.05) is 46.4 Å². The highest BCUT2D eigenvalue weighted by Crippen LogP contribution is 2.37. The zero-order valence-electron chi connectivity index (χ0n) is 24.8. The second kappa shape index (κ2) is 13.0. The van der Waals surface area contributed by atoms with Crippen LogP contribution in [-0.2, 0) is 14.3 Å². The Morgan fingerprint density at radius 1 is 1.09 bits per heavy atom. The van der Waals surface area contributed by atoms with Gasteiger partial charge in [0.15, 0.2) is 11.6 Å². The number of halogens is 2. The number of rotatable bonds is 7. The molecule has 11 nitrogen and oxygen atoms in total. The molecule has 2 aromatic rings. The maximum atomic E-state index is 14.4. The molecule has 2 aromatic carbocycles. The van der Waals surface area contributed by atoms with Gasteiger partial charge in [-0.3, -0.25) is 4.90 Å². The number of methoxy groups -OCH3 is 2. The van der Waals surface area contributed by atoms with Gasteiger partial charge in [-0.15, -0.1) is 0 Å². The highest BCUT2D eigenvalue weighted by molar-refractivity contribution is 6.01. The fraction of sp³-hybridized carbons (Fsp3) is 0.419. The van der Waals surface area contributed by atoms with Crippen LogP contribution >= 0.6 is 0 Å². The lowest BCUT2D eigenvalue weighted by atomic mass is 9.93. The third-order valence-corrected chi connectivity index (χ3v) is 8.58. The van der Waals surface area contributed by atoms with E-state index >= 15 is 0 Å². The zero-order valence-corrected chi connectivity index (χ0v) is 24.8. The molecule has 0 radical (unpaired) electrons. The largest absolute Gasteiger partial charge is 0.466 e. The van der Waals surface area contributed by atoms with Crippen molar-refractivity contribution < 1.29 is 32.6 Å². The van der Waals surface area contributed by atoms with Crippen LogP contribution in [0.25, 0.3) is 0 Å². The van der Waals surface area contributed by atoms with Gasteiger partial charge in [-0.25, -0.2) is 28.1 Å². The minimum Gasteiger partial charge on any atom is -0.466 e. The fourth-order valence-electron chi connectivity index (χ4n) is 6.14. The van der Waals surface area contributed by atoms with Crippen LogP contribution in [0.15, 0.2) is 53.7 Å². The summed E-state index contributed by atoms with van der Waals surface area (Å²) in [6.45, 7) is 2.58. The summed E-state index contributed by atoms with van der Waals surface area (Å²) >= 11 is 0. The standard InChI is InChI=1S/C31H34F2N6O5/c1-36(22-16-38(17-22)21-10-12-37(13-11-21)26-7-5-4-6-20(26)15-34)31(42)39-28(19-8-9-23(32)24(33)14-19)27(29(40)44-3)25(18-43-2)35-30(39)41/h4-9,14,21-22,28H,10-13,16-18H2,1-3H3,(H,35,41)/t28-/m0/s1. The van der Waals surface area contributed by atoms with Gasteiger partial charge >= 0.3 is 18.0 Å². The minimum atomic E-state index is -1.39. The predicted molar refractivity (Wildman–Crippen MR) is 155 cm³/mol. The first-order chi connectivity index (χ1) is 21.2. The molecule has 0 spiro atoms. The number of piperidine rings is 1. The van der Waals surface area contributed by atoms with Crippen LogP contribution in [0.2, 0.25) is 0 Å². The number of carbonyl (C=O) groups is 3. The third-order valence-electron chi connectivity index (χ3n) is 8.58. The highest BCUT2D eigenvalue weighted by Gasteiger charge is 2.46. The lowest BCUT2D eigenvalue weighted by molar-refractivity contribution is -0.137. The summed E-state index contributed by atoms with van der Waals surface area (Å²) < 4.78 is 38.3. The number of hydrogen-bond donors (Lipinski definition) is 1. The van der Waals surface area contributed by atoms with E-state index < -0.39 is 35.7 Å². The number of nitrogens with one attached hydrogen (secondary N) is 1. The molecular weight excluding hydrogens is 574 g/mol. The molecule has 3 heterocycles. The van der Waals surface area contributed by atoms with Crippen LogP contribution in [-0.4, -0.2) is 98.9 Å². The second-order valence-electron chi connectivity index (χ2n) is 11.0. The van der Waals surface area contributed by atoms with E-state index in [2.05, 4.69) is 21.2 Å². The third kappa shape index (κ3) is 5.82. The van der Waals surface area contributed by atoms with Crippen LogP contribution < -0.4 is 10.2 Å². The molecule has 3 aliphatic heterocycles. The Labute approximate surface area is 254 Å². The molecule has 1 atom stereocenters. The predicted octanol–water partition coefficient (Wildman–Crippen LogP) is 3.38. The number of para-hydroxylation sites is 1. The number of carbonyl (C=O) groups excluding carboxylic acids is 3. The summed E-state index contributed by atoms with van der Waals surface area (Å²) in [4.78, 5) is 47.0. The van der Waals surface area contributed by atoms with Crippen molar-refractivity contribution in [3.05, 3.63) is 76.5 Å². The number of likely N-dealkylation sites (N-methyl/N-ethyl adjacent to an activating group) is 1. The molecule has 232 valence electrons. The average Bonchev–Trinajstić information content (AvgIpc) is 3.01. The Bertz CT molecular complexity index is 1510. The number of nitriles is 1. The van der Waals surface area contributed by atoms with E-state index in [1.807, 2.05) is 24.3 Å². The molecule has 13 heteroatoms. The van der Waals surface area contributed by atoms with Crippen LogP contribution in [0.1, 0.15) is 30.0 Å². The van der Waals surface area contributed by atoms with Crippen molar-refractivity contribution in [3.63, 3.8) is 0 Å². The summed E-state index contributed by atoms with van der Waals surface area (Å²) in [5, 5.41) is 12.0. The molecule has 0 saturated carbocycles. The average molecular weight is 609 g/mol. The molecule has 2 saturated heterocycles. The van der Waals surface area contributed by atoms with Gasteiger partial charge in [-0.2, -0.15) is 5.26 Å². The van der Waals surface area contributed by atoms with E-state index in [1.165, 1.54) is 18.1 Å². The Hall–Kier alpha value is -4.54. The first-order valence-corrected chi connectivity index (χ1v) is 14.3. The SMILES string of the molecule is COCC1=C(C(=O)OC)[C@H](c2ccc(F)c(F)c2)N(C(=O)N(C)C2CN(C3CCN(c4ccccc4C#N)CC3)C2)C(=O)N1. The Balaban J connectivity index is 1.31. The number of benzene rings is 2. The maximum absolute atomic E-state index is 14.4. The zero-order chi connectivity index (χ0) is 31.5. The Morgan fingerprint density at radius 2 is 1.80 bits per heavy atom. The molecule has 0 aliphatic carbocycles. The normalized spacial score (nSPS) is 19.7. The monoisotopic (exact) mass is 608 g/mol. The number of urea groups is 2. The van der Waals surface area contributed by atoms with E-state index in [4.69, 9.17) is 9.47 Å². The first-order valence-electron chi connectivity index (χ1n) is 14.3. The summed E-state index contributed by atoms with van der Waals surface area (Å²) in [5.41, 5.74) is 1.54. The molecule has 0 bridgehead atoms. The molecule has 0 aromatic heterocycles. The topological polar surface area (TPSA) is 118 Å². The Morgan fingerprint density at radius 3 is 2.43 bits per heavy atom. The number of esters is 1. The summed E-state index contributed by atoms with van der Waals surface area (Å²) in [6.07, 6.45) is 1.79.